The number of hydrogen-bond acceptors (Lipinski definition) is 5. The number of carbonyl (C=O) groups is 2. The molecule has 0 aromatic heterocycles. The molecule has 142 valence electrons. The van der Waals surface area contributed by atoms with Crippen molar-refractivity contribution in [2.75, 3.05) is 19.6 Å². The van der Waals surface area contributed by atoms with Crippen molar-refractivity contribution in [3.05, 3.63) is 42.5 Å². The molecule has 1 aromatic rings. The highest BCUT2D eigenvalue weighted by Gasteiger charge is 2.27. The Kier molecular flexibility index (Phi) is 6.93. The van der Waals surface area contributed by atoms with Crippen LogP contribution in [0.2, 0.25) is 0 Å². The highest BCUT2D eigenvalue weighted by molar-refractivity contribution is 7.89. The van der Waals surface area contributed by atoms with Crippen molar-refractivity contribution in [2.45, 2.75) is 37.2 Å². The number of amides is 1. The Morgan fingerprint density at radius 3 is 2.65 bits per heavy atom. The third kappa shape index (κ3) is 4.92. The minimum atomic E-state index is -3.64. The molecule has 1 N–H and O–H groups in total. The molecule has 8 heteroatoms. The highest BCUT2D eigenvalue weighted by Crippen LogP contribution is 2.21. The number of rotatable bonds is 7. The zero-order chi connectivity index (χ0) is 19.2. The van der Waals surface area contributed by atoms with Crippen LogP contribution in [0, 0.1) is 0 Å². The fourth-order valence-corrected chi connectivity index (χ4v) is 4.20. The van der Waals surface area contributed by atoms with Crippen molar-refractivity contribution in [3.8, 4) is 0 Å². The summed E-state index contributed by atoms with van der Waals surface area (Å²) in [5.41, 5.74) is 0.0893. The first-order valence-electron chi connectivity index (χ1n) is 8.56. The first-order valence-corrected chi connectivity index (χ1v) is 10.00. The van der Waals surface area contributed by atoms with Crippen LogP contribution in [0.4, 0.5) is 0 Å². The van der Waals surface area contributed by atoms with Crippen LogP contribution in [-0.4, -0.2) is 50.3 Å². The Hall–Kier alpha value is -2.19. The van der Waals surface area contributed by atoms with E-state index in [-0.39, 0.29) is 17.0 Å². The van der Waals surface area contributed by atoms with Crippen LogP contribution in [-0.2, 0) is 19.6 Å². The predicted molar refractivity (Wildman–Crippen MR) is 97.1 cm³/mol. The van der Waals surface area contributed by atoms with Gasteiger partial charge >= 0.3 is 5.97 Å². The molecule has 0 spiro atoms. The van der Waals surface area contributed by atoms with E-state index in [1.54, 1.807) is 0 Å². The molecule has 1 fully saturated rings. The molecule has 2 rings (SSSR count). The first-order chi connectivity index (χ1) is 12.4. The van der Waals surface area contributed by atoms with Crippen LogP contribution in [0.15, 0.2) is 41.8 Å². The quantitative estimate of drug-likeness (QED) is 0.574. The predicted octanol–water partition coefficient (Wildman–Crippen LogP) is 1.71. The normalized spacial score (nSPS) is 16.5. The van der Waals surface area contributed by atoms with Gasteiger partial charge in [-0.05, 0) is 38.0 Å². The van der Waals surface area contributed by atoms with E-state index >= 15 is 0 Å². The molecule has 26 heavy (non-hydrogen) atoms. The molecule has 0 aliphatic carbocycles. The van der Waals surface area contributed by atoms with Gasteiger partial charge in [-0.15, -0.1) is 6.58 Å². The number of esters is 1. The summed E-state index contributed by atoms with van der Waals surface area (Å²) in [5.74, 6) is -1.20. The lowest BCUT2D eigenvalue weighted by molar-refractivity contribution is -0.128. The number of carbonyl (C=O) groups excluding carboxylic acids is 2. The first kappa shape index (κ1) is 20.1. The van der Waals surface area contributed by atoms with Crippen molar-refractivity contribution in [3.63, 3.8) is 0 Å². The van der Waals surface area contributed by atoms with E-state index in [0.717, 1.165) is 19.3 Å². The van der Waals surface area contributed by atoms with Gasteiger partial charge in [0.2, 0.25) is 10.0 Å². The number of sulfonamides is 1. The number of hydrogen-bond donors (Lipinski definition) is 1. The SMILES string of the molecule is C=CCNC(=O)C(C)OC(=O)c1cccc(S(=O)(=O)N2CCCCC2)c1. The number of nitrogens with one attached hydrogen (secondary N) is 1. The van der Waals surface area contributed by atoms with Crippen LogP contribution in [0.25, 0.3) is 0 Å². The largest absolute Gasteiger partial charge is 0.449 e. The molecule has 1 unspecified atom stereocenters. The highest BCUT2D eigenvalue weighted by atomic mass is 32.2. The van der Waals surface area contributed by atoms with Crippen LogP contribution in [0.1, 0.15) is 36.5 Å². The van der Waals surface area contributed by atoms with E-state index in [1.807, 2.05) is 0 Å². The maximum absolute atomic E-state index is 12.7. The van der Waals surface area contributed by atoms with Gasteiger partial charge in [0.25, 0.3) is 5.91 Å². The number of ether oxygens (including phenoxy) is 1. The van der Waals surface area contributed by atoms with Crippen molar-refractivity contribution >= 4 is 21.9 Å². The van der Waals surface area contributed by atoms with Gasteiger partial charge in [0.05, 0.1) is 10.5 Å². The summed E-state index contributed by atoms with van der Waals surface area (Å²) >= 11 is 0. The van der Waals surface area contributed by atoms with Crippen molar-refractivity contribution in [2.24, 2.45) is 0 Å². The van der Waals surface area contributed by atoms with E-state index in [1.165, 1.54) is 41.6 Å². The maximum Gasteiger partial charge on any atom is 0.338 e. The van der Waals surface area contributed by atoms with Gasteiger partial charge in [0.15, 0.2) is 6.10 Å². The van der Waals surface area contributed by atoms with E-state index in [2.05, 4.69) is 11.9 Å². The molecule has 0 bridgehead atoms. The molecule has 1 aromatic carbocycles. The van der Waals surface area contributed by atoms with Crippen LogP contribution < -0.4 is 5.32 Å². The Morgan fingerprint density at radius 2 is 2.00 bits per heavy atom. The third-order valence-electron chi connectivity index (χ3n) is 4.10. The minimum Gasteiger partial charge on any atom is -0.449 e. The molecule has 0 radical (unpaired) electrons. The van der Waals surface area contributed by atoms with Crippen molar-refractivity contribution in [1.82, 2.24) is 9.62 Å². The second-order valence-electron chi connectivity index (χ2n) is 6.07. The monoisotopic (exact) mass is 380 g/mol. The summed E-state index contributed by atoms with van der Waals surface area (Å²) in [7, 11) is -3.64. The van der Waals surface area contributed by atoms with Gasteiger partial charge in [0.1, 0.15) is 0 Å². The number of nitrogens with zero attached hydrogens (tertiary/aromatic N) is 1. The van der Waals surface area contributed by atoms with Gasteiger partial charge in [-0.3, -0.25) is 4.79 Å². The van der Waals surface area contributed by atoms with Crippen LogP contribution >= 0.6 is 0 Å². The third-order valence-corrected chi connectivity index (χ3v) is 5.99. The molecule has 1 atom stereocenters. The summed E-state index contributed by atoms with van der Waals surface area (Å²) in [4.78, 5) is 24.1. The average Bonchev–Trinajstić information content (AvgIpc) is 2.66. The van der Waals surface area contributed by atoms with Gasteiger partial charge in [-0.1, -0.05) is 18.6 Å². The molecule has 1 saturated heterocycles. The van der Waals surface area contributed by atoms with Gasteiger partial charge in [-0.2, -0.15) is 4.31 Å². The van der Waals surface area contributed by atoms with Gasteiger partial charge < -0.3 is 10.1 Å². The minimum absolute atomic E-state index is 0.0533. The Labute approximate surface area is 154 Å². The van der Waals surface area contributed by atoms with E-state index in [9.17, 15) is 18.0 Å². The number of benzene rings is 1. The lowest BCUT2D eigenvalue weighted by atomic mass is 10.2. The second-order valence-corrected chi connectivity index (χ2v) is 8.01. The fourth-order valence-electron chi connectivity index (χ4n) is 2.64. The van der Waals surface area contributed by atoms with E-state index in [0.29, 0.717) is 13.1 Å². The van der Waals surface area contributed by atoms with E-state index in [4.69, 9.17) is 4.74 Å². The molecule has 7 nitrogen and oxygen atoms in total. The Balaban J connectivity index is 2.11. The summed E-state index contributed by atoms with van der Waals surface area (Å²) in [5, 5.41) is 2.53. The molecular formula is C18H24N2O5S. The van der Waals surface area contributed by atoms with Crippen LogP contribution in [0.5, 0.6) is 0 Å². The zero-order valence-corrected chi connectivity index (χ0v) is 15.6. The number of piperidine rings is 1. The standard InChI is InChI=1S/C18H24N2O5S/c1-3-10-19-17(21)14(2)25-18(22)15-8-7-9-16(13-15)26(23,24)20-11-5-4-6-12-20/h3,7-9,13-14H,1,4-6,10-12H2,2H3,(H,19,21). The van der Waals surface area contributed by atoms with Gasteiger partial charge in [-0.25, -0.2) is 13.2 Å². The Bertz CT molecular complexity index is 770. The zero-order valence-electron chi connectivity index (χ0n) is 14.8. The summed E-state index contributed by atoms with van der Waals surface area (Å²) in [6, 6.07) is 5.71. The molecule has 1 aliphatic heterocycles. The van der Waals surface area contributed by atoms with E-state index < -0.39 is 28.0 Å². The Morgan fingerprint density at radius 1 is 1.31 bits per heavy atom. The molecule has 1 aliphatic rings. The summed E-state index contributed by atoms with van der Waals surface area (Å²) in [6.45, 7) is 6.17. The average molecular weight is 380 g/mol. The van der Waals surface area contributed by atoms with Crippen molar-refractivity contribution < 1.29 is 22.7 Å². The lowest BCUT2D eigenvalue weighted by Gasteiger charge is -2.26. The lowest BCUT2D eigenvalue weighted by Crippen LogP contribution is -2.36. The second kappa shape index (κ2) is 8.95. The maximum atomic E-state index is 12.7. The molecule has 1 amide bonds. The molecular weight excluding hydrogens is 356 g/mol. The molecule has 1 heterocycles. The van der Waals surface area contributed by atoms with Gasteiger partial charge in [0, 0.05) is 19.6 Å². The summed E-state index contributed by atoms with van der Waals surface area (Å²) < 4.78 is 32.0. The van der Waals surface area contributed by atoms with Crippen molar-refractivity contribution in [1.29, 1.82) is 0 Å². The summed E-state index contributed by atoms with van der Waals surface area (Å²) in [6.07, 6.45) is 3.20. The topological polar surface area (TPSA) is 92.8 Å². The molecule has 0 saturated carbocycles. The van der Waals surface area contributed by atoms with Crippen LogP contribution in [0.3, 0.4) is 0 Å². The smallest absolute Gasteiger partial charge is 0.338 e. The fraction of sp³-hybridized carbons (Fsp3) is 0.444.